The van der Waals surface area contributed by atoms with Gasteiger partial charge in [-0.15, -0.1) is 12.4 Å². The summed E-state index contributed by atoms with van der Waals surface area (Å²) in [6, 6.07) is 5.30. The molecule has 0 amide bonds. The van der Waals surface area contributed by atoms with Gasteiger partial charge in [0.1, 0.15) is 5.52 Å². The predicted molar refractivity (Wildman–Crippen MR) is 114 cm³/mol. The van der Waals surface area contributed by atoms with Gasteiger partial charge >= 0.3 is 0 Å². The molecule has 0 radical (unpaired) electrons. The van der Waals surface area contributed by atoms with Crippen molar-refractivity contribution in [3.05, 3.63) is 50.4 Å². The fourth-order valence-corrected chi connectivity index (χ4v) is 2.79. The number of nitrogens with one attached hydrogen (secondary N) is 5. The summed E-state index contributed by atoms with van der Waals surface area (Å²) in [4.78, 5) is 19.5. The maximum atomic E-state index is 12.4. The maximum absolute atomic E-state index is 12.4. The molecule has 12 heteroatoms. The molecule has 0 saturated carbocycles. The van der Waals surface area contributed by atoms with Crippen molar-refractivity contribution < 1.29 is 0 Å². The Kier molecular flexibility index (Phi) is 7.50. The number of anilines is 1. The second-order valence-corrected chi connectivity index (χ2v) is 6.48. The van der Waals surface area contributed by atoms with Crippen LogP contribution in [0.25, 0.3) is 11.0 Å². The Bertz CT molecular complexity index is 1030. The molecular formula is C16H19Cl3N8O. The Balaban J connectivity index is 0.00000280. The van der Waals surface area contributed by atoms with Crippen molar-refractivity contribution in [3.63, 3.8) is 0 Å². The lowest BCUT2D eigenvalue weighted by Gasteiger charge is -2.08. The Morgan fingerprint density at radius 2 is 2.11 bits per heavy atom. The summed E-state index contributed by atoms with van der Waals surface area (Å²) in [7, 11) is 1.65. The number of rotatable bonds is 6. The molecule has 0 unspecified atom stereocenters. The highest BCUT2D eigenvalue weighted by Crippen LogP contribution is 2.22. The van der Waals surface area contributed by atoms with Crippen LogP contribution in [0.4, 0.5) is 5.95 Å². The molecule has 0 bridgehead atoms. The van der Waals surface area contributed by atoms with E-state index in [0.717, 1.165) is 5.56 Å². The van der Waals surface area contributed by atoms with Crippen molar-refractivity contribution in [2.45, 2.75) is 13.1 Å². The molecule has 2 aromatic heterocycles. The van der Waals surface area contributed by atoms with Crippen LogP contribution in [0, 0.1) is 5.41 Å². The zero-order valence-corrected chi connectivity index (χ0v) is 17.2. The van der Waals surface area contributed by atoms with Gasteiger partial charge in [-0.1, -0.05) is 29.3 Å². The van der Waals surface area contributed by atoms with Gasteiger partial charge in [0.2, 0.25) is 5.95 Å². The van der Waals surface area contributed by atoms with Gasteiger partial charge in [0, 0.05) is 20.1 Å². The second kappa shape index (κ2) is 9.63. The number of hydrogen-bond donors (Lipinski definition) is 5. The summed E-state index contributed by atoms with van der Waals surface area (Å²) in [6.45, 7) is 1.30. The number of nitrogens with zero attached hydrogens (tertiary/aromatic N) is 3. The van der Waals surface area contributed by atoms with Gasteiger partial charge < -0.3 is 16.0 Å². The zero-order chi connectivity index (χ0) is 19.4. The first-order valence-corrected chi connectivity index (χ1v) is 8.87. The highest BCUT2D eigenvalue weighted by molar-refractivity contribution is 6.42. The third-order valence-electron chi connectivity index (χ3n) is 3.82. The van der Waals surface area contributed by atoms with E-state index in [1.807, 2.05) is 6.07 Å². The lowest BCUT2D eigenvalue weighted by molar-refractivity contribution is 0.615. The molecule has 3 rings (SSSR count). The van der Waals surface area contributed by atoms with Gasteiger partial charge in [-0.2, -0.15) is 5.10 Å². The van der Waals surface area contributed by atoms with Crippen LogP contribution < -0.4 is 21.5 Å². The third kappa shape index (κ3) is 5.06. The fourth-order valence-electron chi connectivity index (χ4n) is 2.47. The highest BCUT2D eigenvalue weighted by Gasteiger charge is 2.10. The first-order chi connectivity index (χ1) is 13.0. The minimum Gasteiger partial charge on any atom is -0.360 e. The van der Waals surface area contributed by atoms with Gasteiger partial charge in [0.15, 0.2) is 11.5 Å². The highest BCUT2D eigenvalue weighted by atomic mass is 35.5. The van der Waals surface area contributed by atoms with Crippen LogP contribution in [-0.2, 0) is 13.1 Å². The van der Waals surface area contributed by atoms with Crippen molar-refractivity contribution in [1.82, 2.24) is 30.4 Å². The van der Waals surface area contributed by atoms with Crippen LogP contribution in [0.1, 0.15) is 5.56 Å². The molecule has 3 aromatic rings. The molecule has 1 aromatic carbocycles. The summed E-state index contributed by atoms with van der Waals surface area (Å²) in [6.07, 6.45) is 1.54. The maximum Gasteiger partial charge on any atom is 0.278 e. The van der Waals surface area contributed by atoms with Crippen molar-refractivity contribution in [2.24, 2.45) is 0 Å². The normalized spacial score (nSPS) is 10.4. The molecule has 0 spiro atoms. The van der Waals surface area contributed by atoms with Gasteiger partial charge in [-0.05, 0) is 17.7 Å². The monoisotopic (exact) mass is 444 g/mol. The standard InChI is InChI=1S/C16H18Cl2N8O.ClH/c1-20-15(19)21-4-5-26-13-12(8-23-26)24-16(25-14(13)27)22-7-9-2-3-10(17)11(18)6-9;/h2-3,6,8H,4-5,7H2,1H3,(H3,19,20,21)(H2,22,24,25,27);1H. The largest absolute Gasteiger partial charge is 0.360 e. The SMILES string of the molecule is CNC(=N)NCCn1ncc2nc(NCc3ccc(Cl)c(Cl)c3)[nH]c(=O)c21.Cl. The molecule has 9 nitrogen and oxygen atoms in total. The number of halogens is 3. The zero-order valence-electron chi connectivity index (χ0n) is 14.8. The minimum atomic E-state index is -0.294. The number of benzene rings is 1. The van der Waals surface area contributed by atoms with Crippen molar-refractivity contribution in [3.8, 4) is 0 Å². The Labute approximate surface area is 176 Å². The summed E-state index contributed by atoms with van der Waals surface area (Å²) >= 11 is 11.9. The molecule has 0 aliphatic carbocycles. The Morgan fingerprint density at radius 1 is 1.32 bits per heavy atom. The van der Waals surface area contributed by atoms with E-state index in [-0.39, 0.29) is 23.9 Å². The molecule has 0 saturated heterocycles. The van der Waals surface area contributed by atoms with Crippen LogP contribution >= 0.6 is 35.6 Å². The minimum absolute atomic E-state index is 0. The van der Waals surface area contributed by atoms with Gasteiger partial charge in [-0.25, -0.2) is 4.98 Å². The van der Waals surface area contributed by atoms with Crippen molar-refractivity contribution >= 4 is 58.6 Å². The Hall–Kier alpha value is -2.49. The molecule has 150 valence electrons. The van der Waals surface area contributed by atoms with Crippen LogP contribution in [0.2, 0.25) is 10.0 Å². The van der Waals surface area contributed by atoms with Crippen LogP contribution in [0.3, 0.4) is 0 Å². The predicted octanol–water partition coefficient (Wildman–Crippen LogP) is 2.20. The van der Waals surface area contributed by atoms with Crippen LogP contribution in [-0.4, -0.2) is 39.3 Å². The number of fused-ring (bicyclic) bond motifs is 1. The number of hydrogen-bond acceptors (Lipinski definition) is 5. The summed E-state index contributed by atoms with van der Waals surface area (Å²) < 4.78 is 1.56. The van der Waals surface area contributed by atoms with E-state index in [2.05, 4.69) is 31.0 Å². The third-order valence-corrected chi connectivity index (χ3v) is 4.56. The second-order valence-electron chi connectivity index (χ2n) is 5.67. The number of H-pyrrole nitrogens is 1. The van der Waals surface area contributed by atoms with E-state index in [9.17, 15) is 4.79 Å². The van der Waals surface area contributed by atoms with E-state index >= 15 is 0 Å². The number of aromatic amines is 1. The number of aromatic nitrogens is 4. The summed E-state index contributed by atoms with van der Waals surface area (Å²) in [5, 5.41) is 21.2. The molecule has 5 N–H and O–H groups in total. The van der Waals surface area contributed by atoms with Gasteiger partial charge in [0.05, 0.1) is 22.8 Å². The molecule has 0 fully saturated rings. The Morgan fingerprint density at radius 3 is 2.82 bits per heavy atom. The topological polar surface area (TPSA) is 124 Å². The molecule has 0 aliphatic heterocycles. The number of guanidine groups is 1. The molecular weight excluding hydrogens is 427 g/mol. The average Bonchev–Trinajstić information content (AvgIpc) is 3.06. The van der Waals surface area contributed by atoms with Crippen molar-refractivity contribution in [2.75, 3.05) is 18.9 Å². The smallest absolute Gasteiger partial charge is 0.278 e. The molecule has 28 heavy (non-hydrogen) atoms. The summed E-state index contributed by atoms with van der Waals surface area (Å²) in [5.74, 6) is 0.542. The lowest BCUT2D eigenvalue weighted by atomic mass is 10.2. The van der Waals surface area contributed by atoms with E-state index < -0.39 is 0 Å². The fraction of sp³-hybridized carbons (Fsp3) is 0.250. The van der Waals surface area contributed by atoms with Gasteiger partial charge in [-0.3, -0.25) is 19.9 Å². The average molecular weight is 446 g/mol. The first-order valence-electron chi connectivity index (χ1n) is 8.11. The first kappa shape index (κ1) is 21.8. The van der Waals surface area contributed by atoms with E-state index in [1.54, 1.807) is 23.9 Å². The molecule has 2 heterocycles. The molecule has 0 aliphatic rings. The summed E-state index contributed by atoms with van der Waals surface area (Å²) in [5.41, 5.74) is 1.48. The van der Waals surface area contributed by atoms with Crippen molar-refractivity contribution in [1.29, 1.82) is 5.41 Å². The molecule has 0 atom stereocenters. The van der Waals surface area contributed by atoms with E-state index in [4.69, 9.17) is 28.6 Å². The quantitative estimate of drug-likeness (QED) is 0.293. The lowest BCUT2D eigenvalue weighted by Crippen LogP contribution is -2.35. The van der Waals surface area contributed by atoms with E-state index in [1.165, 1.54) is 6.20 Å². The van der Waals surface area contributed by atoms with E-state index in [0.29, 0.717) is 46.7 Å². The van der Waals surface area contributed by atoms with Crippen LogP contribution in [0.5, 0.6) is 0 Å². The van der Waals surface area contributed by atoms with Gasteiger partial charge in [0.25, 0.3) is 5.56 Å². The van der Waals surface area contributed by atoms with Crippen LogP contribution in [0.15, 0.2) is 29.2 Å².